The van der Waals surface area contributed by atoms with Gasteiger partial charge in [-0.05, 0) is 39.7 Å². The van der Waals surface area contributed by atoms with Gasteiger partial charge in [0.15, 0.2) is 0 Å². The van der Waals surface area contributed by atoms with E-state index in [-0.39, 0.29) is 18.2 Å². The van der Waals surface area contributed by atoms with E-state index in [1.165, 1.54) is 24.4 Å². The van der Waals surface area contributed by atoms with Crippen LogP contribution in [0, 0.1) is 0 Å². The second kappa shape index (κ2) is 6.21. The van der Waals surface area contributed by atoms with E-state index in [9.17, 15) is 13.2 Å². The first kappa shape index (κ1) is 16.1. The molecule has 1 aromatic carbocycles. The molecule has 0 aliphatic rings. The van der Waals surface area contributed by atoms with Crippen LogP contribution in [0.2, 0.25) is 5.02 Å². The first-order valence-corrected chi connectivity index (χ1v) is 6.87. The molecule has 0 fully saturated rings. The molecule has 0 saturated carbocycles. The van der Waals surface area contributed by atoms with Gasteiger partial charge in [0.05, 0.1) is 15.1 Å². The Morgan fingerprint density at radius 3 is 2.57 bits per heavy atom. The summed E-state index contributed by atoms with van der Waals surface area (Å²) >= 11 is 8.86. The number of hydrogen-bond acceptors (Lipinski definition) is 3. The van der Waals surface area contributed by atoms with E-state index < -0.39 is 11.7 Å². The molecule has 21 heavy (non-hydrogen) atoms. The SMILES string of the molecule is NCc1ccc(Oc2ncc(Cl)cc2Br)c(C(F)(F)F)c1. The third-order valence-electron chi connectivity index (χ3n) is 2.57. The summed E-state index contributed by atoms with van der Waals surface area (Å²) in [7, 11) is 0. The van der Waals surface area contributed by atoms with Gasteiger partial charge < -0.3 is 10.5 Å². The predicted octanol–water partition coefficient (Wildman–Crippen LogP) is 4.77. The van der Waals surface area contributed by atoms with Crippen LogP contribution >= 0.6 is 27.5 Å². The molecule has 0 amide bonds. The van der Waals surface area contributed by atoms with E-state index in [1.54, 1.807) is 0 Å². The van der Waals surface area contributed by atoms with Crippen molar-refractivity contribution < 1.29 is 17.9 Å². The number of nitrogens with two attached hydrogens (primary N) is 1. The predicted molar refractivity (Wildman–Crippen MR) is 76.4 cm³/mol. The van der Waals surface area contributed by atoms with Gasteiger partial charge in [-0.15, -0.1) is 0 Å². The van der Waals surface area contributed by atoms with E-state index in [4.69, 9.17) is 22.1 Å². The molecule has 2 N–H and O–H groups in total. The Labute approximate surface area is 132 Å². The standard InChI is InChI=1S/C13H9BrClF3N2O/c14-10-4-8(15)6-20-12(10)21-11-2-1-7(5-19)3-9(11)13(16,17)18/h1-4,6H,5,19H2. The van der Waals surface area contributed by atoms with Crippen LogP contribution in [0.3, 0.4) is 0 Å². The summed E-state index contributed by atoms with van der Waals surface area (Å²) in [4.78, 5) is 3.85. The molecule has 0 aliphatic carbocycles. The van der Waals surface area contributed by atoms with Gasteiger partial charge in [-0.2, -0.15) is 13.2 Å². The molecule has 2 aromatic rings. The van der Waals surface area contributed by atoms with E-state index in [2.05, 4.69) is 20.9 Å². The van der Waals surface area contributed by atoms with Crippen LogP contribution in [0.1, 0.15) is 11.1 Å². The molecule has 0 aliphatic heterocycles. The quantitative estimate of drug-likeness (QED) is 0.833. The highest BCUT2D eigenvalue weighted by Crippen LogP contribution is 2.39. The number of pyridine rings is 1. The monoisotopic (exact) mass is 380 g/mol. The highest BCUT2D eigenvalue weighted by Gasteiger charge is 2.35. The maximum Gasteiger partial charge on any atom is 0.419 e. The van der Waals surface area contributed by atoms with Crippen LogP contribution in [0.5, 0.6) is 11.6 Å². The largest absolute Gasteiger partial charge is 0.437 e. The molecule has 0 radical (unpaired) electrons. The van der Waals surface area contributed by atoms with Gasteiger partial charge in [0, 0.05) is 12.7 Å². The Balaban J connectivity index is 2.44. The average Bonchev–Trinajstić information content (AvgIpc) is 2.41. The molecule has 0 unspecified atom stereocenters. The summed E-state index contributed by atoms with van der Waals surface area (Å²) in [5.74, 6) is -0.361. The van der Waals surface area contributed by atoms with E-state index in [0.717, 1.165) is 6.07 Å². The van der Waals surface area contributed by atoms with Gasteiger partial charge in [-0.3, -0.25) is 0 Å². The normalized spacial score (nSPS) is 11.5. The molecule has 1 aromatic heterocycles. The zero-order valence-electron chi connectivity index (χ0n) is 10.4. The number of halogens is 5. The van der Waals surface area contributed by atoms with E-state index in [1.807, 2.05) is 0 Å². The summed E-state index contributed by atoms with van der Waals surface area (Å²) < 4.78 is 44.8. The van der Waals surface area contributed by atoms with Crippen molar-refractivity contribution in [2.75, 3.05) is 0 Å². The van der Waals surface area contributed by atoms with Crippen molar-refractivity contribution in [2.45, 2.75) is 12.7 Å². The summed E-state index contributed by atoms with van der Waals surface area (Å²) in [5, 5.41) is 0.337. The topological polar surface area (TPSA) is 48.1 Å². The fourth-order valence-corrected chi connectivity index (χ4v) is 2.32. The Hall–Kier alpha value is -1.31. The maximum atomic E-state index is 13.1. The van der Waals surface area contributed by atoms with Crippen molar-refractivity contribution in [1.82, 2.24) is 4.98 Å². The number of hydrogen-bond donors (Lipinski definition) is 1. The average molecular weight is 382 g/mol. The Bertz CT molecular complexity index is 664. The van der Waals surface area contributed by atoms with Gasteiger partial charge in [0.25, 0.3) is 0 Å². The van der Waals surface area contributed by atoms with Crippen LogP contribution < -0.4 is 10.5 Å². The van der Waals surface area contributed by atoms with Gasteiger partial charge in [-0.1, -0.05) is 17.7 Å². The van der Waals surface area contributed by atoms with E-state index >= 15 is 0 Å². The highest BCUT2D eigenvalue weighted by atomic mass is 79.9. The zero-order chi connectivity index (χ0) is 15.6. The first-order valence-electron chi connectivity index (χ1n) is 5.70. The second-order valence-electron chi connectivity index (χ2n) is 4.07. The van der Waals surface area contributed by atoms with Gasteiger partial charge in [0.2, 0.25) is 5.88 Å². The molecule has 1 heterocycles. The minimum absolute atomic E-state index is 0.00620. The third-order valence-corrected chi connectivity index (χ3v) is 3.34. The second-order valence-corrected chi connectivity index (χ2v) is 5.37. The Morgan fingerprint density at radius 2 is 2.00 bits per heavy atom. The highest BCUT2D eigenvalue weighted by molar-refractivity contribution is 9.10. The minimum atomic E-state index is -4.56. The summed E-state index contributed by atoms with van der Waals surface area (Å²) in [6.45, 7) is 0.00620. The summed E-state index contributed by atoms with van der Waals surface area (Å²) in [6, 6.07) is 5.12. The van der Waals surface area contributed by atoms with Crippen molar-refractivity contribution in [1.29, 1.82) is 0 Å². The molecule has 0 bridgehead atoms. The smallest absolute Gasteiger partial charge is 0.419 e. The van der Waals surface area contributed by atoms with Crippen molar-refractivity contribution in [3.05, 3.63) is 51.1 Å². The van der Waals surface area contributed by atoms with Crippen LogP contribution in [-0.2, 0) is 12.7 Å². The molecule has 0 saturated heterocycles. The lowest BCUT2D eigenvalue weighted by atomic mass is 10.1. The number of alkyl halides is 3. The molecular formula is C13H9BrClF3N2O. The Kier molecular flexibility index (Phi) is 4.75. The molecule has 0 atom stereocenters. The van der Waals surface area contributed by atoms with Gasteiger partial charge in [0.1, 0.15) is 5.75 Å². The van der Waals surface area contributed by atoms with Crippen LogP contribution in [-0.4, -0.2) is 4.98 Å². The van der Waals surface area contributed by atoms with E-state index in [0.29, 0.717) is 15.1 Å². The maximum absolute atomic E-state index is 13.1. The van der Waals surface area contributed by atoms with Crippen molar-refractivity contribution in [3.63, 3.8) is 0 Å². The first-order chi connectivity index (χ1) is 9.81. The van der Waals surface area contributed by atoms with Gasteiger partial charge >= 0.3 is 6.18 Å². The van der Waals surface area contributed by atoms with Crippen LogP contribution in [0.15, 0.2) is 34.9 Å². The van der Waals surface area contributed by atoms with Gasteiger partial charge in [-0.25, -0.2) is 4.98 Å². The fraction of sp³-hybridized carbons (Fsp3) is 0.154. The number of rotatable bonds is 3. The lowest BCUT2D eigenvalue weighted by Crippen LogP contribution is -2.09. The molecule has 3 nitrogen and oxygen atoms in total. The summed E-state index contributed by atoms with van der Waals surface area (Å²) in [6.07, 6.45) is -3.28. The fourth-order valence-electron chi connectivity index (χ4n) is 1.60. The number of benzene rings is 1. The molecular weight excluding hydrogens is 373 g/mol. The Morgan fingerprint density at radius 1 is 1.29 bits per heavy atom. The van der Waals surface area contributed by atoms with Crippen molar-refractivity contribution in [2.24, 2.45) is 5.73 Å². The van der Waals surface area contributed by atoms with Crippen LogP contribution in [0.4, 0.5) is 13.2 Å². The van der Waals surface area contributed by atoms with Crippen molar-refractivity contribution in [3.8, 4) is 11.6 Å². The number of aromatic nitrogens is 1. The molecule has 0 spiro atoms. The number of ether oxygens (including phenoxy) is 1. The molecule has 8 heteroatoms. The lowest BCUT2D eigenvalue weighted by Gasteiger charge is -2.15. The van der Waals surface area contributed by atoms with Crippen LogP contribution in [0.25, 0.3) is 0 Å². The summed E-state index contributed by atoms with van der Waals surface area (Å²) in [5.41, 5.74) is 4.81. The number of nitrogens with zero attached hydrogens (tertiary/aromatic N) is 1. The minimum Gasteiger partial charge on any atom is -0.437 e. The lowest BCUT2D eigenvalue weighted by molar-refractivity contribution is -0.138. The zero-order valence-corrected chi connectivity index (χ0v) is 12.8. The molecule has 112 valence electrons. The van der Waals surface area contributed by atoms with Crippen molar-refractivity contribution >= 4 is 27.5 Å². The third kappa shape index (κ3) is 3.87. The molecule has 2 rings (SSSR count).